The minimum absolute atomic E-state index is 0. The molecule has 154 valence electrons. The number of aromatic nitrogens is 2. The summed E-state index contributed by atoms with van der Waals surface area (Å²) in [6.45, 7) is 6.70. The maximum Gasteiger partial charge on any atom is 0.240 e. The molecule has 6 nitrogen and oxygen atoms in total. The summed E-state index contributed by atoms with van der Waals surface area (Å²) in [5.41, 5.74) is 3.39. The van der Waals surface area contributed by atoms with Crippen molar-refractivity contribution in [2.75, 3.05) is 51.3 Å². The topological polar surface area (TPSA) is 45.6 Å². The van der Waals surface area contributed by atoms with Gasteiger partial charge in [-0.15, -0.1) is 17.5 Å². The summed E-state index contributed by atoms with van der Waals surface area (Å²) in [6, 6.07) is 17.6. The zero-order valence-corrected chi connectivity index (χ0v) is 17.6. The van der Waals surface area contributed by atoms with Gasteiger partial charge >= 0.3 is 0 Å². The highest BCUT2D eigenvalue weighted by molar-refractivity contribution is 5.89. The fourth-order valence-electron chi connectivity index (χ4n) is 4.48. The van der Waals surface area contributed by atoms with E-state index in [1.54, 1.807) is 7.11 Å². The van der Waals surface area contributed by atoms with Crippen LogP contribution in [0, 0.1) is 0 Å². The molecule has 0 bridgehead atoms. The Morgan fingerprint density at radius 2 is 1.79 bits per heavy atom. The maximum atomic E-state index is 5.53. The summed E-state index contributed by atoms with van der Waals surface area (Å²) >= 11 is 0. The Morgan fingerprint density at radius 1 is 1.00 bits per heavy atom. The minimum Gasteiger partial charge on any atom is -0.479 e. The van der Waals surface area contributed by atoms with Gasteiger partial charge in [0.25, 0.3) is 0 Å². The summed E-state index contributed by atoms with van der Waals surface area (Å²) in [5, 5.41) is 9.22. The van der Waals surface area contributed by atoms with E-state index in [0.717, 1.165) is 55.9 Å². The van der Waals surface area contributed by atoms with Crippen LogP contribution in [0.1, 0.15) is 6.42 Å². The lowest BCUT2D eigenvalue weighted by molar-refractivity contribution is 0.196. The Morgan fingerprint density at radius 3 is 2.48 bits per heavy atom. The second kappa shape index (κ2) is 8.61. The lowest BCUT2D eigenvalue weighted by Crippen LogP contribution is -2.51. The molecular formula is C22H28ClN5O. The van der Waals surface area contributed by atoms with Crippen LogP contribution >= 0.6 is 12.4 Å². The molecule has 0 radical (unpaired) electrons. The van der Waals surface area contributed by atoms with Crippen molar-refractivity contribution in [3.63, 3.8) is 0 Å². The molecule has 29 heavy (non-hydrogen) atoms. The third kappa shape index (κ3) is 3.80. The highest BCUT2D eigenvalue weighted by atomic mass is 35.5. The third-order valence-corrected chi connectivity index (χ3v) is 6.05. The van der Waals surface area contributed by atoms with Crippen molar-refractivity contribution in [2.24, 2.45) is 0 Å². The fraction of sp³-hybridized carbons (Fsp3) is 0.409. The molecule has 0 spiro atoms. The molecule has 3 aromatic rings. The van der Waals surface area contributed by atoms with E-state index in [-0.39, 0.29) is 12.4 Å². The van der Waals surface area contributed by atoms with E-state index < -0.39 is 0 Å². The van der Waals surface area contributed by atoms with Gasteiger partial charge < -0.3 is 15.0 Å². The van der Waals surface area contributed by atoms with Crippen LogP contribution in [0.5, 0.6) is 5.88 Å². The predicted octanol–water partition coefficient (Wildman–Crippen LogP) is 2.94. The van der Waals surface area contributed by atoms with Gasteiger partial charge in [0, 0.05) is 44.5 Å². The number of anilines is 1. The van der Waals surface area contributed by atoms with Crippen molar-refractivity contribution in [3.8, 4) is 11.6 Å². The number of halogens is 1. The van der Waals surface area contributed by atoms with Crippen molar-refractivity contribution >= 4 is 29.0 Å². The molecule has 0 aliphatic carbocycles. The number of hydrogen-bond donors (Lipinski definition) is 1. The van der Waals surface area contributed by atoms with Crippen molar-refractivity contribution in [1.82, 2.24) is 20.0 Å². The molecule has 1 aromatic heterocycles. The first-order chi connectivity index (χ1) is 13.8. The number of piperazine rings is 1. The van der Waals surface area contributed by atoms with Crippen molar-refractivity contribution in [1.29, 1.82) is 0 Å². The third-order valence-electron chi connectivity index (χ3n) is 6.05. The summed E-state index contributed by atoms with van der Waals surface area (Å²) in [4.78, 5) is 5.14. The summed E-state index contributed by atoms with van der Waals surface area (Å²) in [7, 11) is 1.68. The highest BCUT2D eigenvalue weighted by Crippen LogP contribution is 2.31. The lowest BCUT2D eigenvalue weighted by Gasteiger charge is -2.39. The molecule has 0 amide bonds. The molecular weight excluding hydrogens is 386 g/mol. The number of para-hydroxylation sites is 1. The first-order valence-electron chi connectivity index (χ1n) is 10.2. The molecule has 2 aromatic carbocycles. The molecule has 2 fully saturated rings. The SMILES string of the molecule is COc1nn(-c2ccccc2)c2cc(N3CCN(C4CCNC4)CC3)ccc12.Cl. The zero-order chi connectivity index (χ0) is 18.9. The van der Waals surface area contributed by atoms with Crippen LogP contribution in [0.2, 0.25) is 0 Å². The molecule has 7 heteroatoms. The van der Waals surface area contributed by atoms with Crippen LogP contribution in [0.3, 0.4) is 0 Å². The van der Waals surface area contributed by atoms with Crippen molar-refractivity contribution in [2.45, 2.75) is 12.5 Å². The maximum absolute atomic E-state index is 5.53. The molecule has 2 aliphatic rings. The number of nitrogens with zero attached hydrogens (tertiary/aromatic N) is 4. The van der Waals surface area contributed by atoms with Gasteiger partial charge in [-0.05, 0) is 43.3 Å². The van der Waals surface area contributed by atoms with Crippen LogP contribution in [0.15, 0.2) is 48.5 Å². The average molecular weight is 414 g/mol. The number of fused-ring (bicyclic) bond motifs is 1. The average Bonchev–Trinajstić information content (AvgIpc) is 3.42. The summed E-state index contributed by atoms with van der Waals surface area (Å²) in [6.07, 6.45) is 1.28. The van der Waals surface area contributed by atoms with E-state index in [1.807, 2.05) is 22.9 Å². The molecule has 3 heterocycles. The number of nitrogens with one attached hydrogen (secondary N) is 1. The van der Waals surface area contributed by atoms with Gasteiger partial charge in [-0.2, -0.15) is 0 Å². The second-order valence-corrected chi connectivity index (χ2v) is 7.63. The number of rotatable bonds is 4. The fourth-order valence-corrected chi connectivity index (χ4v) is 4.48. The van der Waals surface area contributed by atoms with E-state index in [4.69, 9.17) is 4.74 Å². The van der Waals surface area contributed by atoms with Gasteiger partial charge in [0.05, 0.1) is 23.7 Å². The van der Waals surface area contributed by atoms with Gasteiger partial charge in [0.15, 0.2) is 0 Å². The van der Waals surface area contributed by atoms with E-state index in [2.05, 4.69) is 50.5 Å². The number of benzene rings is 2. The lowest BCUT2D eigenvalue weighted by atomic mass is 10.1. The standard InChI is InChI=1S/C22H27N5O.ClH/c1-28-22-20-8-7-18(15-21(20)27(24-22)17-5-3-2-4-6-17)25-11-13-26(14-12-25)19-9-10-23-16-19;/h2-8,15,19,23H,9-14,16H2,1H3;1H. The molecule has 1 N–H and O–H groups in total. The van der Waals surface area contributed by atoms with Crippen molar-refractivity contribution in [3.05, 3.63) is 48.5 Å². The summed E-state index contributed by atoms with van der Waals surface area (Å²) < 4.78 is 7.51. The zero-order valence-electron chi connectivity index (χ0n) is 16.8. The Hall–Kier alpha value is -2.28. The van der Waals surface area contributed by atoms with E-state index >= 15 is 0 Å². The normalized spacial score (nSPS) is 20.0. The van der Waals surface area contributed by atoms with Crippen LogP contribution in [0.25, 0.3) is 16.6 Å². The monoisotopic (exact) mass is 413 g/mol. The van der Waals surface area contributed by atoms with Crippen LogP contribution in [-0.4, -0.2) is 67.1 Å². The number of methoxy groups -OCH3 is 1. The van der Waals surface area contributed by atoms with Crippen molar-refractivity contribution < 1.29 is 4.74 Å². The molecule has 5 rings (SSSR count). The van der Waals surface area contributed by atoms with E-state index in [1.165, 1.54) is 12.1 Å². The minimum atomic E-state index is 0. The van der Waals surface area contributed by atoms with Gasteiger partial charge in [0.1, 0.15) is 0 Å². The highest BCUT2D eigenvalue weighted by Gasteiger charge is 2.26. The van der Waals surface area contributed by atoms with Crippen LogP contribution in [0.4, 0.5) is 5.69 Å². The van der Waals surface area contributed by atoms with Gasteiger partial charge in [-0.1, -0.05) is 18.2 Å². The van der Waals surface area contributed by atoms with Crippen LogP contribution in [-0.2, 0) is 0 Å². The number of ether oxygens (including phenoxy) is 1. The van der Waals surface area contributed by atoms with Gasteiger partial charge in [-0.3, -0.25) is 4.90 Å². The molecule has 0 saturated carbocycles. The molecule has 1 unspecified atom stereocenters. The Labute approximate surface area is 177 Å². The summed E-state index contributed by atoms with van der Waals surface area (Å²) in [5.74, 6) is 0.670. The molecule has 2 saturated heterocycles. The molecule has 1 atom stereocenters. The second-order valence-electron chi connectivity index (χ2n) is 7.63. The predicted molar refractivity (Wildman–Crippen MR) is 120 cm³/mol. The Kier molecular flexibility index (Phi) is 5.94. The Bertz CT molecular complexity index is 946. The first kappa shape index (κ1) is 20.0. The first-order valence-corrected chi connectivity index (χ1v) is 10.2. The number of hydrogen-bond acceptors (Lipinski definition) is 5. The van der Waals surface area contributed by atoms with E-state index in [9.17, 15) is 0 Å². The quantitative estimate of drug-likeness (QED) is 0.712. The van der Waals surface area contributed by atoms with Crippen LogP contribution < -0.4 is 15.0 Å². The molecule has 2 aliphatic heterocycles. The van der Waals surface area contributed by atoms with Gasteiger partial charge in [0.2, 0.25) is 5.88 Å². The Balaban J connectivity index is 0.00000205. The smallest absolute Gasteiger partial charge is 0.240 e. The van der Waals surface area contributed by atoms with E-state index in [0.29, 0.717) is 11.9 Å². The largest absolute Gasteiger partial charge is 0.479 e. The van der Waals surface area contributed by atoms with Gasteiger partial charge in [-0.25, -0.2) is 4.68 Å².